The zero-order valence-electron chi connectivity index (χ0n) is 16.5. The van der Waals surface area contributed by atoms with Crippen LogP contribution in [0.5, 0.6) is 5.75 Å². The van der Waals surface area contributed by atoms with Gasteiger partial charge in [-0.2, -0.15) is 5.10 Å². The molecule has 5 heteroatoms. The molecular formula is C23H27N3O2. The Bertz CT molecular complexity index is 908. The highest BCUT2D eigenvalue weighted by Gasteiger charge is 2.34. The lowest BCUT2D eigenvalue weighted by Gasteiger charge is -2.38. The van der Waals surface area contributed by atoms with Gasteiger partial charge in [-0.25, -0.2) is 0 Å². The third-order valence-electron chi connectivity index (χ3n) is 5.76. The van der Waals surface area contributed by atoms with E-state index in [-0.39, 0.29) is 0 Å². The number of rotatable bonds is 5. The zero-order chi connectivity index (χ0) is 19.6. The van der Waals surface area contributed by atoms with Gasteiger partial charge in [-0.1, -0.05) is 29.8 Å². The quantitative estimate of drug-likeness (QED) is 0.708. The molecule has 0 saturated carbocycles. The van der Waals surface area contributed by atoms with E-state index in [9.17, 15) is 5.11 Å². The van der Waals surface area contributed by atoms with Gasteiger partial charge in [0.25, 0.3) is 0 Å². The van der Waals surface area contributed by atoms with Crippen molar-refractivity contribution in [1.29, 1.82) is 0 Å². The topological polar surface area (TPSA) is 61.4 Å². The molecule has 2 heterocycles. The van der Waals surface area contributed by atoms with Crippen LogP contribution in [0.2, 0.25) is 0 Å². The van der Waals surface area contributed by atoms with Gasteiger partial charge in [-0.3, -0.25) is 10.00 Å². The van der Waals surface area contributed by atoms with Crippen LogP contribution in [0, 0.1) is 6.92 Å². The maximum absolute atomic E-state index is 11.1. The minimum absolute atomic E-state index is 0.723. The number of benzene rings is 2. The second-order valence-electron chi connectivity index (χ2n) is 7.67. The number of nitrogens with one attached hydrogen (secondary N) is 1. The summed E-state index contributed by atoms with van der Waals surface area (Å²) >= 11 is 0. The zero-order valence-corrected chi connectivity index (χ0v) is 16.5. The van der Waals surface area contributed by atoms with E-state index in [0.717, 1.165) is 55.0 Å². The number of nitrogens with zero attached hydrogens (tertiary/aromatic N) is 2. The molecule has 4 rings (SSSR count). The maximum atomic E-state index is 11.1. The van der Waals surface area contributed by atoms with Crippen molar-refractivity contribution >= 4 is 0 Å². The van der Waals surface area contributed by atoms with Gasteiger partial charge < -0.3 is 9.84 Å². The number of hydrogen-bond donors (Lipinski definition) is 2. The number of aromatic amines is 1. The molecule has 3 aromatic rings. The minimum atomic E-state index is -0.723. The van der Waals surface area contributed by atoms with Crippen LogP contribution in [-0.2, 0) is 12.1 Å². The fourth-order valence-electron chi connectivity index (χ4n) is 3.91. The van der Waals surface area contributed by atoms with Crippen molar-refractivity contribution in [2.75, 3.05) is 20.2 Å². The summed E-state index contributed by atoms with van der Waals surface area (Å²) in [6, 6.07) is 16.3. The van der Waals surface area contributed by atoms with Crippen molar-refractivity contribution in [2.45, 2.75) is 31.9 Å². The second kappa shape index (κ2) is 7.78. The second-order valence-corrected chi connectivity index (χ2v) is 7.67. The highest BCUT2D eigenvalue weighted by Crippen LogP contribution is 2.34. The van der Waals surface area contributed by atoms with Crippen LogP contribution < -0.4 is 4.74 Å². The first-order valence-corrected chi connectivity index (χ1v) is 9.76. The molecule has 2 N–H and O–H groups in total. The molecular weight excluding hydrogens is 350 g/mol. The molecule has 0 aliphatic carbocycles. The van der Waals surface area contributed by atoms with Crippen LogP contribution in [0.1, 0.15) is 29.5 Å². The summed E-state index contributed by atoms with van der Waals surface area (Å²) in [5.41, 5.74) is 4.84. The summed E-state index contributed by atoms with van der Waals surface area (Å²) in [4.78, 5) is 2.39. The molecule has 1 saturated heterocycles. The van der Waals surface area contributed by atoms with Gasteiger partial charge in [0.05, 0.1) is 24.6 Å². The molecule has 0 amide bonds. The molecule has 0 spiro atoms. The Morgan fingerprint density at radius 3 is 2.39 bits per heavy atom. The standard InChI is InChI=1S/C23H27N3O2/c1-17-3-7-20(8-4-17)23(27)11-13-26(14-12-23)16-19-15-24-25-22(19)18-5-9-21(28-2)10-6-18/h3-10,15,27H,11-14,16H2,1-2H3,(H,24,25). The van der Waals surface area contributed by atoms with E-state index < -0.39 is 5.60 Å². The van der Waals surface area contributed by atoms with E-state index in [1.165, 1.54) is 11.1 Å². The van der Waals surface area contributed by atoms with E-state index in [2.05, 4.69) is 46.3 Å². The number of aryl methyl sites for hydroxylation is 1. The van der Waals surface area contributed by atoms with Gasteiger partial charge in [-0.05, 0) is 49.6 Å². The highest BCUT2D eigenvalue weighted by molar-refractivity contribution is 5.63. The summed E-state index contributed by atoms with van der Waals surface area (Å²) in [7, 11) is 1.67. The van der Waals surface area contributed by atoms with Crippen LogP contribution in [0.4, 0.5) is 0 Å². The van der Waals surface area contributed by atoms with Crippen molar-refractivity contribution in [3.63, 3.8) is 0 Å². The molecule has 0 unspecified atom stereocenters. The summed E-state index contributed by atoms with van der Waals surface area (Å²) in [5.74, 6) is 0.844. The molecule has 1 aliphatic heterocycles. The number of ether oxygens (including phenoxy) is 1. The van der Waals surface area contributed by atoms with Crippen molar-refractivity contribution in [3.05, 3.63) is 71.4 Å². The molecule has 1 fully saturated rings. The molecule has 28 heavy (non-hydrogen) atoms. The Balaban J connectivity index is 1.43. The van der Waals surface area contributed by atoms with Crippen molar-refractivity contribution in [1.82, 2.24) is 15.1 Å². The van der Waals surface area contributed by atoms with Crippen molar-refractivity contribution in [3.8, 4) is 17.0 Å². The summed E-state index contributed by atoms with van der Waals surface area (Å²) in [6.45, 7) is 4.61. The number of likely N-dealkylation sites (tertiary alicyclic amines) is 1. The third-order valence-corrected chi connectivity index (χ3v) is 5.76. The lowest BCUT2D eigenvalue weighted by molar-refractivity contribution is -0.0277. The average molecular weight is 377 g/mol. The van der Waals surface area contributed by atoms with Gasteiger partial charge in [0, 0.05) is 30.8 Å². The maximum Gasteiger partial charge on any atom is 0.118 e. The van der Waals surface area contributed by atoms with Crippen LogP contribution in [0.3, 0.4) is 0 Å². The monoisotopic (exact) mass is 377 g/mol. The van der Waals surface area contributed by atoms with Crippen LogP contribution in [0.15, 0.2) is 54.7 Å². The number of piperidine rings is 1. The first kappa shape index (κ1) is 18.7. The van der Waals surface area contributed by atoms with E-state index >= 15 is 0 Å². The van der Waals surface area contributed by atoms with Gasteiger partial charge >= 0.3 is 0 Å². The predicted molar refractivity (Wildman–Crippen MR) is 110 cm³/mol. The smallest absolute Gasteiger partial charge is 0.118 e. The van der Waals surface area contributed by atoms with Gasteiger partial charge in [-0.15, -0.1) is 0 Å². The van der Waals surface area contributed by atoms with E-state index in [1.807, 2.05) is 30.5 Å². The van der Waals surface area contributed by atoms with Crippen molar-refractivity contribution < 1.29 is 9.84 Å². The fraction of sp³-hybridized carbons (Fsp3) is 0.348. The molecule has 1 aromatic heterocycles. The molecule has 0 atom stereocenters. The largest absolute Gasteiger partial charge is 0.497 e. The Hall–Kier alpha value is -2.63. The number of H-pyrrole nitrogens is 1. The Morgan fingerprint density at radius 2 is 1.75 bits per heavy atom. The fourth-order valence-corrected chi connectivity index (χ4v) is 3.91. The highest BCUT2D eigenvalue weighted by atomic mass is 16.5. The van der Waals surface area contributed by atoms with Crippen LogP contribution in [0.25, 0.3) is 11.3 Å². The molecule has 2 aromatic carbocycles. The summed E-state index contributed by atoms with van der Waals surface area (Å²) in [6.07, 6.45) is 3.39. The minimum Gasteiger partial charge on any atom is -0.497 e. The molecule has 0 radical (unpaired) electrons. The number of aromatic nitrogens is 2. The first-order valence-electron chi connectivity index (χ1n) is 9.76. The summed E-state index contributed by atoms with van der Waals surface area (Å²) in [5, 5.41) is 18.5. The SMILES string of the molecule is COc1ccc(-c2[nH]ncc2CN2CCC(O)(c3ccc(C)cc3)CC2)cc1. The van der Waals surface area contributed by atoms with E-state index in [0.29, 0.717) is 0 Å². The Morgan fingerprint density at radius 1 is 1.07 bits per heavy atom. The third kappa shape index (κ3) is 3.81. The Kier molecular flexibility index (Phi) is 5.20. The molecule has 146 valence electrons. The lowest BCUT2D eigenvalue weighted by atomic mass is 9.84. The first-order chi connectivity index (χ1) is 13.6. The van der Waals surface area contributed by atoms with Crippen LogP contribution >= 0.6 is 0 Å². The molecule has 0 bridgehead atoms. The normalized spacial score (nSPS) is 16.8. The lowest BCUT2D eigenvalue weighted by Crippen LogP contribution is -2.42. The van der Waals surface area contributed by atoms with E-state index in [1.54, 1.807) is 7.11 Å². The van der Waals surface area contributed by atoms with Gasteiger partial charge in [0.1, 0.15) is 5.75 Å². The van der Waals surface area contributed by atoms with E-state index in [4.69, 9.17) is 4.74 Å². The Labute approximate surface area is 166 Å². The number of aliphatic hydroxyl groups is 1. The van der Waals surface area contributed by atoms with Crippen molar-refractivity contribution in [2.24, 2.45) is 0 Å². The molecule has 5 nitrogen and oxygen atoms in total. The van der Waals surface area contributed by atoms with Gasteiger partial charge in [0.2, 0.25) is 0 Å². The average Bonchev–Trinajstić information content (AvgIpc) is 3.18. The predicted octanol–water partition coefficient (Wildman–Crippen LogP) is 3.88. The number of hydrogen-bond acceptors (Lipinski definition) is 4. The number of methoxy groups -OCH3 is 1. The van der Waals surface area contributed by atoms with Crippen LogP contribution in [-0.4, -0.2) is 40.4 Å². The van der Waals surface area contributed by atoms with Gasteiger partial charge in [0.15, 0.2) is 0 Å². The summed E-state index contributed by atoms with van der Waals surface area (Å²) < 4.78 is 5.24. The molecule has 1 aliphatic rings.